The Morgan fingerprint density at radius 1 is 0.800 bits per heavy atom. The van der Waals surface area contributed by atoms with Crippen molar-refractivity contribution in [2.24, 2.45) is 5.16 Å². The number of hydrogen-bond acceptors (Lipinski definition) is 3. The molecule has 152 valence electrons. The van der Waals surface area contributed by atoms with E-state index in [1.54, 1.807) is 12.1 Å². The number of hydrogen-bond donors (Lipinski definition) is 0. The summed E-state index contributed by atoms with van der Waals surface area (Å²) < 4.78 is 0. The number of rotatable bonds is 6. The Bertz CT molecular complexity index is 1090. The minimum atomic E-state index is -0.438. The van der Waals surface area contributed by atoms with Crippen molar-refractivity contribution in [2.45, 2.75) is 45.4 Å². The molecule has 0 unspecified atom stereocenters. The average Bonchev–Trinajstić information content (AvgIpc) is 3.09. The molecular weight excluding hydrogens is 370 g/mol. The number of fused-ring (bicyclic) bond motifs is 3. The van der Waals surface area contributed by atoms with E-state index in [4.69, 9.17) is 4.84 Å². The molecule has 0 N–H and O–H groups in total. The average molecular weight is 398 g/mol. The number of oxime groups is 1. The first kappa shape index (κ1) is 20.1. The predicted octanol–water partition coefficient (Wildman–Crippen LogP) is 6.74. The molecule has 0 spiro atoms. The molecule has 0 saturated carbocycles. The van der Waals surface area contributed by atoms with Crippen molar-refractivity contribution < 1.29 is 9.63 Å². The van der Waals surface area contributed by atoms with Gasteiger partial charge in [0, 0.05) is 5.41 Å². The molecule has 30 heavy (non-hydrogen) atoms. The molecule has 0 fully saturated rings. The summed E-state index contributed by atoms with van der Waals surface area (Å²) in [5.74, 6) is -0.438. The van der Waals surface area contributed by atoms with E-state index in [0.29, 0.717) is 12.0 Å². The molecule has 0 bridgehead atoms. The highest BCUT2D eigenvalue weighted by Crippen LogP contribution is 2.52. The zero-order chi connectivity index (χ0) is 21.1. The van der Waals surface area contributed by atoms with Crippen LogP contribution in [0.25, 0.3) is 11.1 Å². The van der Waals surface area contributed by atoms with Crippen LogP contribution in [0.3, 0.4) is 0 Å². The van der Waals surface area contributed by atoms with Crippen LogP contribution in [0.4, 0.5) is 0 Å². The van der Waals surface area contributed by atoms with Gasteiger partial charge in [-0.05, 0) is 65.3 Å². The fourth-order valence-electron chi connectivity index (χ4n) is 4.69. The van der Waals surface area contributed by atoms with E-state index in [-0.39, 0.29) is 5.41 Å². The van der Waals surface area contributed by atoms with Crippen LogP contribution >= 0.6 is 0 Å². The number of benzene rings is 3. The van der Waals surface area contributed by atoms with Crippen molar-refractivity contribution in [3.05, 3.63) is 95.1 Å². The Labute approximate surface area is 178 Å². The maximum Gasteiger partial charge on any atom is 0.365 e. The first-order valence-corrected chi connectivity index (χ1v) is 10.7. The van der Waals surface area contributed by atoms with Gasteiger partial charge in [-0.3, -0.25) is 0 Å². The van der Waals surface area contributed by atoms with Gasteiger partial charge in [-0.25, -0.2) is 4.79 Å². The summed E-state index contributed by atoms with van der Waals surface area (Å²) in [6, 6.07) is 24.2. The molecule has 1 aliphatic carbocycles. The van der Waals surface area contributed by atoms with E-state index in [2.05, 4.69) is 61.5 Å². The summed E-state index contributed by atoms with van der Waals surface area (Å²) in [5, 5.41) is 4.23. The second-order valence-corrected chi connectivity index (χ2v) is 7.73. The van der Waals surface area contributed by atoms with Gasteiger partial charge < -0.3 is 4.84 Å². The van der Waals surface area contributed by atoms with Crippen molar-refractivity contribution in [1.29, 1.82) is 0 Å². The summed E-state index contributed by atoms with van der Waals surface area (Å²) in [7, 11) is 0. The SMILES string of the molecule is CC/C(=N\OC(=O)c1ccccc1)c1ccc2c(c1)C(CC)(CC)c1ccccc1-2. The highest BCUT2D eigenvalue weighted by atomic mass is 16.7. The fraction of sp³-hybridized carbons (Fsp3) is 0.259. The molecule has 0 heterocycles. The lowest BCUT2D eigenvalue weighted by molar-refractivity contribution is 0.0516. The molecule has 0 atom stereocenters. The third-order valence-corrected chi connectivity index (χ3v) is 6.39. The van der Waals surface area contributed by atoms with Crippen LogP contribution in [-0.4, -0.2) is 11.7 Å². The molecule has 3 aromatic rings. The normalized spacial score (nSPS) is 14.2. The van der Waals surface area contributed by atoms with Crippen LogP contribution in [0.1, 0.15) is 67.1 Å². The molecule has 1 aliphatic rings. The summed E-state index contributed by atoms with van der Waals surface area (Å²) in [6.45, 7) is 6.56. The first-order chi connectivity index (χ1) is 14.6. The van der Waals surface area contributed by atoms with Crippen molar-refractivity contribution >= 4 is 11.7 Å². The van der Waals surface area contributed by atoms with E-state index in [9.17, 15) is 4.79 Å². The van der Waals surface area contributed by atoms with Crippen LogP contribution in [0.2, 0.25) is 0 Å². The third kappa shape index (κ3) is 3.24. The lowest BCUT2D eigenvalue weighted by Gasteiger charge is -2.30. The summed E-state index contributed by atoms with van der Waals surface area (Å²) >= 11 is 0. The van der Waals surface area contributed by atoms with Crippen LogP contribution < -0.4 is 0 Å². The summed E-state index contributed by atoms with van der Waals surface area (Å²) in [4.78, 5) is 17.6. The Morgan fingerprint density at radius 2 is 1.47 bits per heavy atom. The lowest BCUT2D eigenvalue weighted by Crippen LogP contribution is -2.23. The highest BCUT2D eigenvalue weighted by molar-refractivity contribution is 6.02. The standard InChI is InChI=1S/C27H27NO2/c1-4-25(28-30-26(29)19-12-8-7-9-13-19)20-16-17-22-21-14-10-11-15-23(21)27(5-2,6-3)24(22)18-20/h7-18H,4-6H2,1-3H3/b28-25+. The minimum absolute atomic E-state index is 0.0154. The largest absolute Gasteiger partial charge is 0.365 e. The maximum absolute atomic E-state index is 12.3. The first-order valence-electron chi connectivity index (χ1n) is 10.7. The molecule has 0 amide bonds. The van der Waals surface area contributed by atoms with Crippen LogP contribution in [0, 0.1) is 0 Å². The van der Waals surface area contributed by atoms with E-state index in [1.807, 2.05) is 25.1 Å². The molecule has 3 heteroatoms. The van der Waals surface area contributed by atoms with Crippen molar-refractivity contribution in [3.63, 3.8) is 0 Å². The minimum Gasteiger partial charge on any atom is -0.313 e. The lowest BCUT2D eigenvalue weighted by atomic mass is 9.73. The van der Waals surface area contributed by atoms with Gasteiger partial charge in [-0.15, -0.1) is 0 Å². The number of carbonyl (C=O) groups is 1. The fourth-order valence-corrected chi connectivity index (χ4v) is 4.69. The Balaban J connectivity index is 1.71. The zero-order valence-corrected chi connectivity index (χ0v) is 17.8. The van der Waals surface area contributed by atoms with E-state index < -0.39 is 5.97 Å². The van der Waals surface area contributed by atoms with Crippen LogP contribution in [-0.2, 0) is 10.3 Å². The Kier molecular flexibility index (Phi) is 5.54. The van der Waals surface area contributed by atoms with E-state index in [0.717, 1.165) is 24.1 Å². The highest BCUT2D eigenvalue weighted by Gasteiger charge is 2.40. The smallest absolute Gasteiger partial charge is 0.313 e. The predicted molar refractivity (Wildman–Crippen MR) is 122 cm³/mol. The topological polar surface area (TPSA) is 38.7 Å². The molecule has 0 aromatic heterocycles. The monoisotopic (exact) mass is 397 g/mol. The number of carbonyl (C=O) groups excluding carboxylic acids is 1. The van der Waals surface area contributed by atoms with E-state index >= 15 is 0 Å². The third-order valence-electron chi connectivity index (χ3n) is 6.39. The van der Waals surface area contributed by atoms with Crippen LogP contribution in [0.15, 0.2) is 78.0 Å². The van der Waals surface area contributed by atoms with Gasteiger partial charge in [0.15, 0.2) is 0 Å². The maximum atomic E-state index is 12.3. The van der Waals surface area contributed by atoms with Gasteiger partial charge >= 0.3 is 5.97 Å². The molecule has 3 nitrogen and oxygen atoms in total. The molecule has 0 radical (unpaired) electrons. The molecule has 4 rings (SSSR count). The van der Waals surface area contributed by atoms with Crippen molar-refractivity contribution in [3.8, 4) is 11.1 Å². The summed E-state index contributed by atoms with van der Waals surface area (Å²) in [5.41, 5.74) is 7.69. The molecule has 3 aromatic carbocycles. The quantitative estimate of drug-likeness (QED) is 0.262. The van der Waals surface area contributed by atoms with Gasteiger partial charge in [0.25, 0.3) is 0 Å². The molecule has 0 aliphatic heterocycles. The van der Waals surface area contributed by atoms with Crippen molar-refractivity contribution in [1.82, 2.24) is 0 Å². The molecular formula is C27H27NO2. The second kappa shape index (κ2) is 8.27. The number of nitrogens with zero attached hydrogens (tertiary/aromatic N) is 1. The van der Waals surface area contributed by atoms with Gasteiger partial charge in [0.2, 0.25) is 0 Å². The van der Waals surface area contributed by atoms with E-state index in [1.165, 1.54) is 22.3 Å². The zero-order valence-electron chi connectivity index (χ0n) is 17.8. The van der Waals surface area contributed by atoms with Crippen LogP contribution in [0.5, 0.6) is 0 Å². The Hall–Kier alpha value is -3.20. The van der Waals surface area contributed by atoms with Crippen molar-refractivity contribution in [2.75, 3.05) is 0 Å². The van der Waals surface area contributed by atoms with Gasteiger partial charge in [0.1, 0.15) is 0 Å². The summed E-state index contributed by atoms with van der Waals surface area (Å²) in [6.07, 6.45) is 2.76. The Morgan fingerprint density at radius 3 is 2.17 bits per heavy atom. The second-order valence-electron chi connectivity index (χ2n) is 7.73. The van der Waals surface area contributed by atoms with Gasteiger partial charge in [-0.2, -0.15) is 0 Å². The van der Waals surface area contributed by atoms with Gasteiger partial charge in [0.05, 0.1) is 11.3 Å². The molecule has 0 saturated heterocycles. The van der Waals surface area contributed by atoms with Gasteiger partial charge in [-0.1, -0.05) is 80.5 Å².